The van der Waals surface area contributed by atoms with Gasteiger partial charge >= 0.3 is 0 Å². The van der Waals surface area contributed by atoms with Gasteiger partial charge in [0.15, 0.2) is 0 Å². The zero-order valence-electron chi connectivity index (χ0n) is 10.5. The van der Waals surface area contributed by atoms with Crippen LogP contribution in [0.2, 0.25) is 5.02 Å². The van der Waals surface area contributed by atoms with E-state index in [0.717, 1.165) is 10.8 Å². The molecule has 98 valence electrons. The monoisotopic (exact) mass is 282 g/mol. The Bertz CT molecular complexity index is 786. The molecule has 1 aromatic heterocycles. The van der Waals surface area contributed by atoms with Gasteiger partial charge < -0.3 is 5.32 Å². The van der Waals surface area contributed by atoms with E-state index < -0.39 is 0 Å². The normalized spacial score (nSPS) is 10.4. The molecule has 0 bridgehead atoms. The molecule has 1 amide bonds. The van der Waals surface area contributed by atoms with Crippen LogP contribution in [0.15, 0.2) is 60.8 Å². The maximum Gasteiger partial charge on any atom is 0.256 e. The molecule has 3 aromatic rings. The number of carbonyl (C=O) groups is 1. The Hall–Kier alpha value is -2.39. The van der Waals surface area contributed by atoms with Crippen LogP contribution in [0.25, 0.3) is 10.8 Å². The minimum absolute atomic E-state index is 0.203. The van der Waals surface area contributed by atoms with Crippen LogP contribution in [0.3, 0.4) is 0 Å². The third-order valence-corrected chi connectivity index (χ3v) is 3.21. The van der Waals surface area contributed by atoms with Crippen LogP contribution in [-0.4, -0.2) is 10.9 Å². The van der Waals surface area contributed by atoms with E-state index in [1.54, 1.807) is 24.4 Å². The van der Waals surface area contributed by atoms with Crippen molar-refractivity contribution in [2.75, 3.05) is 5.32 Å². The number of carbonyl (C=O) groups excluding carboxylic acids is 1. The summed E-state index contributed by atoms with van der Waals surface area (Å²) in [6.45, 7) is 0. The van der Waals surface area contributed by atoms with E-state index in [0.29, 0.717) is 16.4 Å². The minimum atomic E-state index is -0.203. The number of halogens is 1. The summed E-state index contributed by atoms with van der Waals surface area (Å²) in [6, 6.07) is 16.8. The summed E-state index contributed by atoms with van der Waals surface area (Å²) in [5, 5.41) is 5.39. The molecule has 0 radical (unpaired) electrons. The van der Waals surface area contributed by atoms with Gasteiger partial charge in [0.25, 0.3) is 5.91 Å². The van der Waals surface area contributed by atoms with E-state index >= 15 is 0 Å². The van der Waals surface area contributed by atoms with Crippen molar-refractivity contribution in [2.24, 2.45) is 0 Å². The highest BCUT2D eigenvalue weighted by atomic mass is 35.5. The van der Waals surface area contributed by atoms with Crippen molar-refractivity contribution in [3.8, 4) is 0 Å². The van der Waals surface area contributed by atoms with Crippen molar-refractivity contribution in [3.63, 3.8) is 0 Å². The zero-order chi connectivity index (χ0) is 13.9. The molecule has 0 unspecified atom stereocenters. The summed E-state index contributed by atoms with van der Waals surface area (Å²) >= 11 is 5.86. The lowest BCUT2D eigenvalue weighted by Crippen LogP contribution is -2.12. The Kier molecular flexibility index (Phi) is 3.35. The van der Waals surface area contributed by atoms with Gasteiger partial charge in [0.2, 0.25) is 0 Å². The first-order chi connectivity index (χ1) is 9.72. The van der Waals surface area contributed by atoms with Gasteiger partial charge in [-0.15, -0.1) is 0 Å². The molecule has 1 heterocycles. The predicted octanol–water partition coefficient (Wildman–Crippen LogP) is 4.14. The second kappa shape index (κ2) is 5.31. The first kappa shape index (κ1) is 12.6. The van der Waals surface area contributed by atoms with Crippen LogP contribution in [0.5, 0.6) is 0 Å². The Morgan fingerprint density at radius 1 is 1.00 bits per heavy atom. The number of rotatable bonds is 2. The van der Waals surface area contributed by atoms with Gasteiger partial charge in [0.1, 0.15) is 5.82 Å². The lowest BCUT2D eigenvalue weighted by molar-refractivity contribution is 0.102. The second-order valence-electron chi connectivity index (χ2n) is 4.38. The van der Waals surface area contributed by atoms with Crippen LogP contribution in [0.4, 0.5) is 5.82 Å². The zero-order valence-corrected chi connectivity index (χ0v) is 11.3. The predicted molar refractivity (Wildman–Crippen MR) is 81.1 cm³/mol. The highest BCUT2D eigenvalue weighted by molar-refractivity contribution is 6.30. The molecule has 3 nitrogen and oxygen atoms in total. The van der Waals surface area contributed by atoms with Gasteiger partial charge in [-0.05, 0) is 35.0 Å². The van der Waals surface area contributed by atoms with E-state index in [-0.39, 0.29) is 5.91 Å². The average Bonchev–Trinajstić information content (AvgIpc) is 2.47. The maximum absolute atomic E-state index is 12.2. The Labute approximate surface area is 121 Å². The summed E-state index contributed by atoms with van der Waals surface area (Å²) in [6.07, 6.45) is 1.55. The second-order valence-corrected chi connectivity index (χ2v) is 4.81. The number of amides is 1. The van der Waals surface area contributed by atoms with E-state index in [1.165, 1.54) is 0 Å². The molecular weight excluding hydrogens is 272 g/mol. The Morgan fingerprint density at radius 2 is 1.80 bits per heavy atom. The summed E-state index contributed by atoms with van der Waals surface area (Å²) in [4.78, 5) is 16.2. The summed E-state index contributed by atoms with van der Waals surface area (Å²) < 4.78 is 0. The first-order valence-corrected chi connectivity index (χ1v) is 6.52. The van der Waals surface area contributed by atoms with Crippen LogP contribution in [0.1, 0.15) is 10.4 Å². The van der Waals surface area contributed by atoms with Crippen molar-refractivity contribution < 1.29 is 4.79 Å². The lowest BCUT2D eigenvalue weighted by Gasteiger charge is -2.06. The van der Waals surface area contributed by atoms with Crippen LogP contribution >= 0.6 is 11.6 Å². The fourth-order valence-corrected chi connectivity index (χ4v) is 2.15. The fraction of sp³-hybridized carbons (Fsp3) is 0. The maximum atomic E-state index is 12.2. The number of hydrogen-bond acceptors (Lipinski definition) is 2. The van der Waals surface area contributed by atoms with E-state index in [1.807, 2.05) is 36.4 Å². The van der Waals surface area contributed by atoms with Gasteiger partial charge in [-0.1, -0.05) is 41.9 Å². The van der Waals surface area contributed by atoms with E-state index in [9.17, 15) is 4.79 Å². The lowest BCUT2D eigenvalue weighted by atomic mass is 10.1. The molecule has 3 rings (SSSR count). The smallest absolute Gasteiger partial charge is 0.256 e. The number of pyridine rings is 1. The largest absolute Gasteiger partial charge is 0.307 e. The molecule has 4 heteroatoms. The first-order valence-electron chi connectivity index (χ1n) is 6.14. The van der Waals surface area contributed by atoms with Crippen molar-refractivity contribution in [1.29, 1.82) is 0 Å². The molecule has 1 N–H and O–H groups in total. The molecule has 0 saturated heterocycles. The summed E-state index contributed by atoms with van der Waals surface area (Å²) in [5.41, 5.74) is 0.588. The SMILES string of the molecule is O=C(Nc1cc(Cl)ccn1)c1ccc2ccccc2c1. The number of hydrogen-bond donors (Lipinski definition) is 1. The molecule has 0 aliphatic carbocycles. The summed E-state index contributed by atoms with van der Waals surface area (Å²) in [5.74, 6) is 0.237. The quantitative estimate of drug-likeness (QED) is 0.767. The summed E-state index contributed by atoms with van der Waals surface area (Å²) in [7, 11) is 0. The van der Waals surface area contributed by atoms with Gasteiger partial charge in [0.05, 0.1) is 0 Å². The van der Waals surface area contributed by atoms with E-state index in [4.69, 9.17) is 11.6 Å². The topological polar surface area (TPSA) is 42.0 Å². The Balaban J connectivity index is 1.88. The van der Waals surface area contributed by atoms with Gasteiger partial charge in [-0.25, -0.2) is 4.98 Å². The average molecular weight is 283 g/mol. The molecule has 20 heavy (non-hydrogen) atoms. The molecule has 0 saturated carbocycles. The molecule has 2 aromatic carbocycles. The molecule has 0 aliphatic heterocycles. The number of aromatic nitrogens is 1. The van der Waals surface area contributed by atoms with Crippen molar-refractivity contribution in [3.05, 3.63) is 71.4 Å². The third kappa shape index (κ3) is 2.63. The number of fused-ring (bicyclic) bond motifs is 1. The van der Waals surface area contributed by atoms with E-state index in [2.05, 4.69) is 10.3 Å². The molecule has 0 atom stereocenters. The van der Waals surface area contributed by atoms with Crippen molar-refractivity contribution >= 4 is 34.1 Å². The third-order valence-electron chi connectivity index (χ3n) is 2.98. The molecular formula is C16H11ClN2O. The van der Waals surface area contributed by atoms with Crippen LogP contribution in [0, 0.1) is 0 Å². The van der Waals surface area contributed by atoms with Crippen molar-refractivity contribution in [2.45, 2.75) is 0 Å². The number of anilines is 1. The van der Waals surface area contributed by atoms with Gasteiger partial charge in [0, 0.05) is 16.8 Å². The number of benzene rings is 2. The highest BCUT2D eigenvalue weighted by Crippen LogP contribution is 2.17. The Morgan fingerprint density at radius 3 is 2.60 bits per heavy atom. The fourth-order valence-electron chi connectivity index (χ4n) is 1.99. The van der Waals surface area contributed by atoms with Gasteiger partial charge in [-0.2, -0.15) is 0 Å². The standard InChI is InChI=1S/C16H11ClN2O/c17-14-7-8-18-15(10-14)19-16(20)13-6-5-11-3-1-2-4-12(11)9-13/h1-10H,(H,18,19,20). The highest BCUT2D eigenvalue weighted by Gasteiger charge is 2.07. The number of nitrogens with zero attached hydrogens (tertiary/aromatic N) is 1. The molecule has 0 aliphatic rings. The van der Waals surface area contributed by atoms with Crippen molar-refractivity contribution in [1.82, 2.24) is 4.98 Å². The van der Waals surface area contributed by atoms with Crippen LogP contribution in [-0.2, 0) is 0 Å². The minimum Gasteiger partial charge on any atom is -0.307 e. The van der Waals surface area contributed by atoms with Gasteiger partial charge in [-0.3, -0.25) is 4.79 Å². The number of nitrogens with one attached hydrogen (secondary N) is 1. The molecule has 0 spiro atoms. The molecule has 0 fully saturated rings. The van der Waals surface area contributed by atoms with Crippen LogP contribution < -0.4 is 5.32 Å².